The standard InChI is InChI=1S/C15H26N4O/c1-3-10-20-14-8-9-17-15(18-14)19(4-2)13-7-5-6-12(13)11-16/h8-9,12-13H,3-7,10-11,16H2,1-2H3. The van der Waals surface area contributed by atoms with Crippen molar-refractivity contribution in [1.82, 2.24) is 9.97 Å². The molecule has 2 unspecified atom stereocenters. The average molecular weight is 278 g/mol. The molecule has 2 N–H and O–H groups in total. The van der Waals surface area contributed by atoms with Crippen molar-refractivity contribution >= 4 is 5.95 Å². The molecule has 0 radical (unpaired) electrons. The molecule has 112 valence electrons. The zero-order valence-corrected chi connectivity index (χ0v) is 12.6. The van der Waals surface area contributed by atoms with Gasteiger partial charge in [-0.25, -0.2) is 4.98 Å². The van der Waals surface area contributed by atoms with Crippen molar-refractivity contribution in [3.8, 4) is 5.88 Å². The fraction of sp³-hybridized carbons (Fsp3) is 0.733. The van der Waals surface area contributed by atoms with Gasteiger partial charge in [-0.2, -0.15) is 4.98 Å². The fourth-order valence-corrected chi connectivity index (χ4v) is 2.98. The monoisotopic (exact) mass is 278 g/mol. The lowest BCUT2D eigenvalue weighted by Crippen LogP contribution is -2.41. The Morgan fingerprint density at radius 3 is 2.95 bits per heavy atom. The molecule has 1 aromatic heterocycles. The summed E-state index contributed by atoms with van der Waals surface area (Å²) in [4.78, 5) is 11.3. The van der Waals surface area contributed by atoms with Gasteiger partial charge in [-0.05, 0) is 38.6 Å². The van der Waals surface area contributed by atoms with Crippen LogP contribution in [-0.4, -0.2) is 35.7 Å². The molecule has 1 saturated carbocycles. The average Bonchev–Trinajstić information content (AvgIpc) is 2.95. The normalized spacial score (nSPS) is 21.9. The van der Waals surface area contributed by atoms with E-state index in [4.69, 9.17) is 10.5 Å². The van der Waals surface area contributed by atoms with Crippen LogP contribution in [0.2, 0.25) is 0 Å². The number of hydrogen-bond acceptors (Lipinski definition) is 5. The Hall–Kier alpha value is -1.36. The van der Waals surface area contributed by atoms with Crippen molar-refractivity contribution in [2.75, 3.05) is 24.6 Å². The van der Waals surface area contributed by atoms with Gasteiger partial charge in [0.2, 0.25) is 11.8 Å². The Balaban J connectivity index is 2.14. The topological polar surface area (TPSA) is 64.3 Å². The molecule has 5 nitrogen and oxygen atoms in total. The SMILES string of the molecule is CCCOc1ccnc(N(CC)C2CCCC2CN)n1. The van der Waals surface area contributed by atoms with E-state index in [0.717, 1.165) is 25.5 Å². The largest absolute Gasteiger partial charge is 0.478 e. The molecule has 20 heavy (non-hydrogen) atoms. The van der Waals surface area contributed by atoms with Crippen LogP contribution in [0.5, 0.6) is 5.88 Å². The van der Waals surface area contributed by atoms with Crippen LogP contribution in [0.15, 0.2) is 12.3 Å². The quantitative estimate of drug-likeness (QED) is 0.828. The maximum Gasteiger partial charge on any atom is 0.228 e. The number of ether oxygens (including phenoxy) is 1. The van der Waals surface area contributed by atoms with Gasteiger partial charge in [-0.1, -0.05) is 13.3 Å². The number of hydrogen-bond donors (Lipinski definition) is 1. The molecule has 0 spiro atoms. The molecule has 1 fully saturated rings. The molecule has 1 aliphatic rings. The lowest BCUT2D eigenvalue weighted by molar-refractivity contribution is 0.304. The van der Waals surface area contributed by atoms with Crippen molar-refractivity contribution < 1.29 is 4.74 Å². The van der Waals surface area contributed by atoms with Crippen LogP contribution < -0.4 is 15.4 Å². The maximum absolute atomic E-state index is 5.90. The van der Waals surface area contributed by atoms with E-state index in [9.17, 15) is 0 Å². The first-order valence-electron chi connectivity index (χ1n) is 7.72. The van der Waals surface area contributed by atoms with Gasteiger partial charge in [0.25, 0.3) is 0 Å². The predicted molar refractivity (Wildman–Crippen MR) is 81.0 cm³/mol. The highest BCUT2D eigenvalue weighted by Crippen LogP contribution is 2.31. The van der Waals surface area contributed by atoms with Crippen molar-refractivity contribution in [2.24, 2.45) is 11.7 Å². The number of rotatable bonds is 7. The second kappa shape index (κ2) is 7.43. The molecule has 5 heteroatoms. The van der Waals surface area contributed by atoms with Gasteiger partial charge in [-0.3, -0.25) is 0 Å². The Labute approximate surface area is 121 Å². The van der Waals surface area contributed by atoms with Crippen LogP contribution in [0.25, 0.3) is 0 Å². The number of nitrogens with two attached hydrogens (primary N) is 1. The fourth-order valence-electron chi connectivity index (χ4n) is 2.98. The molecule has 0 aromatic carbocycles. The van der Waals surface area contributed by atoms with Gasteiger partial charge in [0.05, 0.1) is 6.61 Å². The van der Waals surface area contributed by atoms with Gasteiger partial charge in [0, 0.05) is 24.8 Å². The molecule has 0 saturated heterocycles. The smallest absolute Gasteiger partial charge is 0.228 e. The first-order chi connectivity index (χ1) is 9.80. The van der Waals surface area contributed by atoms with Gasteiger partial charge < -0.3 is 15.4 Å². The third-order valence-electron chi connectivity index (χ3n) is 3.99. The third kappa shape index (κ3) is 3.39. The molecule has 1 aromatic rings. The van der Waals surface area contributed by atoms with E-state index in [2.05, 4.69) is 28.7 Å². The number of aromatic nitrogens is 2. The van der Waals surface area contributed by atoms with Crippen molar-refractivity contribution in [3.63, 3.8) is 0 Å². The lowest BCUT2D eigenvalue weighted by atomic mass is 10.0. The van der Waals surface area contributed by atoms with Crippen LogP contribution in [0.4, 0.5) is 5.95 Å². The second-order valence-corrected chi connectivity index (χ2v) is 5.32. The Bertz CT molecular complexity index is 413. The maximum atomic E-state index is 5.90. The molecular weight excluding hydrogens is 252 g/mol. The lowest BCUT2D eigenvalue weighted by Gasteiger charge is -2.31. The Morgan fingerprint density at radius 2 is 2.25 bits per heavy atom. The van der Waals surface area contributed by atoms with E-state index in [0.29, 0.717) is 24.4 Å². The zero-order chi connectivity index (χ0) is 14.4. The van der Waals surface area contributed by atoms with Crippen molar-refractivity contribution in [1.29, 1.82) is 0 Å². The van der Waals surface area contributed by atoms with E-state index in [1.807, 2.05) is 6.07 Å². The van der Waals surface area contributed by atoms with Gasteiger partial charge in [-0.15, -0.1) is 0 Å². The van der Waals surface area contributed by atoms with Crippen molar-refractivity contribution in [3.05, 3.63) is 12.3 Å². The van der Waals surface area contributed by atoms with E-state index in [1.54, 1.807) is 6.20 Å². The van der Waals surface area contributed by atoms with Crippen molar-refractivity contribution in [2.45, 2.75) is 45.6 Å². The molecular formula is C15H26N4O. The summed E-state index contributed by atoms with van der Waals surface area (Å²) in [5.74, 6) is 1.99. The molecule has 2 atom stereocenters. The first kappa shape index (κ1) is 15.0. The highest BCUT2D eigenvalue weighted by molar-refractivity contribution is 5.34. The summed E-state index contributed by atoms with van der Waals surface area (Å²) in [6.07, 6.45) is 6.40. The van der Waals surface area contributed by atoms with E-state index < -0.39 is 0 Å². The Kier molecular flexibility index (Phi) is 5.59. The minimum absolute atomic E-state index is 0.464. The number of anilines is 1. The van der Waals surface area contributed by atoms with Gasteiger partial charge in [0.1, 0.15) is 0 Å². The minimum atomic E-state index is 0.464. The first-order valence-corrected chi connectivity index (χ1v) is 7.72. The van der Waals surface area contributed by atoms with E-state index >= 15 is 0 Å². The molecule has 2 rings (SSSR count). The van der Waals surface area contributed by atoms with Crippen LogP contribution in [0, 0.1) is 5.92 Å². The summed E-state index contributed by atoms with van der Waals surface area (Å²) < 4.78 is 5.60. The summed E-state index contributed by atoms with van der Waals surface area (Å²) in [5.41, 5.74) is 5.90. The van der Waals surface area contributed by atoms with Crippen LogP contribution >= 0.6 is 0 Å². The molecule has 0 bridgehead atoms. The van der Waals surface area contributed by atoms with Crippen LogP contribution in [0.1, 0.15) is 39.5 Å². The molecule has 1 heterocycles. The molecule has 1 aliphatic carbocycles. The summed E-state index contributed by atoms with van der Waals surface area (Å²) >= 11 is 0. The second-order valence-electron chi connectivity index (χ2n) is 5.32. The van der Waals surface area contributed by atoms with Gasteiger partial charge in [0.15, 0.2) is 0 Å². The van der Waals surface area contributed by atoms with Crippen LogP contribution in [-0.2, 0) is 0 Å². The van der Waals surface area contributed by atoms with E-state index in [-0.39, 0.29) is 0 Å². The summed E-state index contributed by atoms with van der Waals surface area (Å²) in [6.45, 7) is 6.57. The Morgan fingerprint density at radius 1 is 1.40 bits per heavy atom. The summed E-state index contributed by atoms with van der Waals surface area (Å²) in [7, 11) is 0. The summed E-state index contributed by atoms with van der Waals surface area (Å²) in [6, 6.07) is 2.29. The van der Waals surface area contributed by atoms with Gasteiger partial charge >= 0.3 is 0 Å². The van der Waals surface area contributed by atoms with Crippen LogP contribution in [0.3, 0.4) is 0 Å². The van der Waals surface area contributed by atoms with E-state index in [1.165, 1.54) is 19.3 Å². The molecule has 0 amide bonds. The minimum Gasteiger partial charge on any atom is -0.478 e. The third-order valence-corrected chi connectivity index (χ3v) is 3.99. The highest BCUT2D eigenvalue weighted by atomic mass is 16.5. The number of nitrogens with zero attached hydrogens (tertiary/aromatic N) is 3. The predicted octanol–water partition coefficient (Wildman–Crippen LogP) is 2.22. The highest BCUT2D eigenvalue weighted by Gasteiger charge is 2.31. The summed E-state index contributed by atoms with van der Waals surface area (Å²) in [5, 5.41) is 0. The molecule has 0 aliphatic heterocycles. The zero-order valence-electron chi connectivity index (χ0n) is 12.6.